The van der Waals surface area contributed by atoms with E-state index >= 15 is 0 Å². The van der Waals surface area contributed by atoms with Gasteiger partial charge in [0.1, 0.15) is 0 Å². The van der Waals surface area contributed by atoms with E-state index in [-0.39, 0.29) is 5.48 Å². The lowest BCUT2D eigenvalue weighted by Gasteiger charge is -2.31. The quantitative estimate of drug-likeness (QED) is 0.518. The number of hydrogen-bond donors (Lipinski definition) is 0. The summed E-state index contributed by atoms with van der Waals surface area (Å²) < 4.78 is 1.06. The Morgan fingerprint density at radius 1 is 1.00 bits per heavy atom. The summed E-state index contributed by atoms with van der Waals surface area (Å²) in [5.74, 6) is 0. The zero-order valence-corrected chi connectivity index (χ0v) is 8.10. The second kappa shape index (κ2) is 3.35. The number of quaternary nitrogens is 1. The predicted octanol–water partition coefficient (Wildman–Crippen LogP) is 1.56. The smallest absolute Gasteiger partial charge is 0.0829 e. The summed E-state index contributed by atoms with van der Waals surface area (Å²) in [5, 5.41) is 0. The molecule has 0 amide bonds. The van der Waals surface area contributed by atoms with Gasteiger partial charge < -0.3 is 9.96 Å². The Morgan fingerprint density at radius 3 is 1.30 bits per heavy atom. The van der Waals surface area contributed by atoms with Crippen molar-refractivity contribution >= 4 is 0 Å². The molecule has 2 heteroatoms. The van der Waals surface area contributed by atoms with Crippen LogP contribution in [0.3, 0.4) is 0 Å². The molecule has 0 spiro atoms. The summed E-state index contributed by atoms with van der Waals surface area (Å²) in [7, 11) is 6.68. The Labute approximate surface area is 64.7 Å². The van der Waals surface area contributed by atoms with Crippen molar-refractivity contribution in [1.29, 1.82) is 0 Å². The van der Waals surface area contributed by atoms with Crippen LogP contribution in [0.1, 0.15) is 20.8 Å². The third-order valence-corrected chi connectivity index (χ3v) is 0.949. The van der Waals surface area contributed by atoms with Gasteiger partial charge in [-0.25, -0.2) is 0 Å². The van der Waals surface area contributed by atoms with Gasteiger partial charge in [0.15, 0.2) is 0 Å². The van der Waals surface area contributed by atoms with E-state index in [0.29, 0.717) is 5.41 Å². The van der Waals surface area contributed by atoms with E-state index in [9.17, 15) is 0 Å². The highest BCUT2D eigenvalue weighted by molar-refractivity contribution is 4.58. The van der Waals surface area contributed by atoms with Gasteiger partial charge in [-0.15, -0.1) is 0 Å². The van der Waals surface area contributed by atoms with Crippen LogP contribution in [0.15, 0.2) is 0 Å². The van der Waals surface area contributed by atoms with Crippen molar-refractivity contribution in [2.45, 2.75) is 20.8 Å². The monoisotopic (exact) mass is 147 g/mol. The molecule has 0 heterocycles. The summed E-state index contributed by atoms with van der Waals surface area (Å²) in [4.78, 5) is 0. The van der Waals surface area contributed by atoms with Crippen molar-refractivity contribution in [3.8, 4) is 0 Å². The lowest BCUT2D eigenvalue weighted by molar-refractivity contribution is -0.876. The number of nitrogens with zero attached hydrogens (tertiary/aromatic N) is 1. The van der Waals surface area contributed by atoms with Crippen molar-refractivity contribution in [2.75, 3.05) is 27.7 Å². The van der Waals surface area contributed by atoms with Gasteiger partial charge in [0.25, 0.3) is 0 Å². The van der Waals surface area contributed by atoms with Crippen molar-refractivity contribution < 1.29 is 9.96 Å². The van der Waals surface area contributed by atoms with E-state index in [2.05, 4.69) is 41.9 Å². The van der Waals surface area contributed by atoms with Gasteiger partial charge in [-0.3, -0.25) is 0 Å². The zero-order valence-electron chi connectivity index (χ0n) is 8.10. The van der Waals surface area contributed by atoms with Gasteiger partial charge in [0.05, 0.1) is 27.7 Å². The van der Waals surface area contributed by atoms with Crippen LogP contribution in [0.2, 0.25) is 0 Å². The average molecular weight is 147 g/mol. The Balaban J connectivity index is 0. The molecule has 64 valence electrons. The van der Waals surface area contributed by atoms with Gasteiger partial charge in [-0.1, -0.05) is 20.8 Å². The van der Waals surface area contributed by atoms with E-state index in [4.69, 9.17) is 0 Å². The first-order valence-corrected chi connectivity index (χ1v) is 3.51. The van der Waals surface area contributed by atoms with Crippen LogP contribution in [0.5, 0.6) is 0 Å². The lowest BCUT2D eigenvalue weighted by Crippen LogP contribution is -2.41. The molecule has 0 aromatic carbocycles. The molecule has 0 aliphatic carbocycles. The molecular formula is C8H21NO. The second-order valence-electron chi connectivity index (χ2n) is 5.01. The van der Waals surface area contributed by atoms with Gasteiger partial charge in [0, 0.05) is 5.41 Å². The molecule has 0 saturated heterocycles. The van der Waals surface area contributed by atoms with E-state index in [1.165, 1.54) is 6.54 Å². The van der Waals surface area contributed by atoms with Crippen molar-refractivity contribution in [3.63, 3.8) is 0 Å². The highest BCUT2D eigenvalue weighted by atomic mass is 16.0. The topological polar surface area (TPSA) is 30.0 Å². The van der Waals surface area contributed by atoms with Crippen LogP contribution in [-0.4, -0.2) is 37.6 Å². The molecule has 0 aromatic rings. The van der Waals surface area contributed by atoms with Crippen molar-refractivity contribution in [3.05, 3.63) is 0 Å². The normalized spacial score (nSPS) is 12.6. The van der Waals surface area contributed by atoms with E-state index in [1.54, 1.807) is 0 Å². The van der Waals surface area contributed by atoms with Crippen LogP contribution in [0, 0.1) is 5.41 Å². The summed E-state index contributed by atoms with van der Waals surface area (Å²) >= 11 is 0. The molecular weight excluding hydrogens is 126 g/mol. The molecule has 0 aliphatic rings. The fourth-order valence-electron chi connectivity index (χ4n) is 1.42. The molecule has 10 heavy (non-hydrogen) atoms. The SMILES string of the molecule is CC(C)(C)C[N+](C)(C)C.[OH-]. The summed E-state index contributed by atoms with van der Waals surface area (Å²) in [6.45, 7) is 8.05. The van der Waals surface area contributed by atoms with Gasteiger partial charge in [0.2, 0.25) is 0 Å². The molecule has 0 aliphatic heterocycles. The van der Waals surface area contributed by atoms with Crippen LogP contribution in [0.25, 0.3) is 0 Å². The molecule has 0 radical (unpaired) electrons. The van der Waals surface area contributed by atoms with E-state index in [1.807, 2.05) is 0 Å². The first kappa shape index (κ1) is 12.6. The van der Waals surface area contributed by atoms with Crippen LogP contribution >= 0.6 is 0 Å². The minimum atomic E-state index is 0. The zero-order chi connectivity index (χ0) is 7.71. The molecule has 0 fully saturated rings. The third-order valence-electron chi connectivity index (χ3n) is 0.949. The maximum absolute atomic E-state index is 2.27. The molecule has 0 aromatic heterocycles. The first-order valence-electron chi connectivity index (χ1n) is 3.51. The van der Waals surface area contributed by atoms with Crippen molar-refractivity contribution in [2.24, 2.45) is 5.41 Å². The predicted molar refractivity (Wildman–Crippen MR) is 44.3 cm³/mol. The minimum Gasteiger partial charge on any atom is -0.870 e. The molecule has 0 atom stereocenters. The molecule has 0 saturated carbocycles. The van der Waals surface area contributed by atoms with Crippen LogP contribution < -0.4 is 0 Å². The summed E-state index contributed by atoms with van der Waals surface area (Å²) in [5.41, 5.74) is 0.457. The van der Waals surface area contributed by atoms with Gasteiger partial charge in [-0.05, 0) is 0 Å². The Kier molecular flexibility index (Phi) is 4.22. The highest BCUT2D eigenvalue weighted by Gasteiger charge is 2.19. The Hall–Kier alpha value is -0.0800. The average Bonchev–Trinajstić information content (AvgIpc) is 1.14. The third kappa shape index (κ3) is 10.8. The fourth-order valence-corrected chi connectivity index (χ4v) is 1.42. The van der Waals surface area contributed by atoms with E-state index in [0.717, 1.165) is 4.48 Å². The highest BCUT2D eigenvalue weighted by Crippen LogP contribution is 2.15. The van der Waals surface area contributed by atoms with Crippen LogP contribution in [-0.2, 0) is 0 Å². The van der Waals surface area contributed by atoms with E-state index < -0.39 is 0 Å². The minimum absolute atomic E-state index is 0. The number of hydrogen-bond acceptors (Lipinski definition) is 1. The molecule has 0 bridgehead atoms. The van der Waals surface area contributed by atoms with Gasteiger partial charge in [-0.2, -0.15) is 0 Å². The molecule has 0 unspecified atom stereocenters. The standard InChI is InChI=1S/C8H20N.H2O/c1-8(2,3)7-9(4,5)6;/h7H2,1-6H3;1H2/q+1;/p-1. The summed E-state index contributed by atoms with van der Waals surface area (Å²) in [6.07, 6.45) is 0. The number of rotatable bonds is 1. The molecule has 1 N–H and O–H groups in total. The Morgan fingerprint density at radius 2 is 1.30 bits per heavy atom. The Bertz CT molecular complexity index is 74.4. The maximum Gasteiger partial charge on any atom is 0.0829 e. The first-order chi connectivity index (χ1) is 3.71. The molecule has 0 rings (SSSR count). The van der Waals surface area contributed by atoms with Gasteiger partial charge >= 0.3 is 0 Å². The van der Waals surface area contributed by atoms with Crippen LogP contribution in [0.4, 0.5) is 0 Å². The largest absolute Gasteiger partial charge is 0.870 e. The van der Waals surface area contributed by atoms with Crippen molar-refractivity contribution in [1.82, 2.24) is 0 Å². The molecule has 2 nitrogen and oxygen atoms in total. The maximum atomic E-state index is 2.27. The lowest BCUT2D eigenvalue weighted by atomic mass is 9.96. The summed E-state index contributed by atoms with van der Waals surface area (Å²) in [6, 6.07) is 0. The fraction of sp³-hybridized carbons (Fsp3) is 1.00. The second-order valence-corrected chi connectivity index (χ2v) is 5.01.